The summed E-state index contributed by atoms with van der Waals surface area (Å²) in [5, 5.41) is 5.92. The summed E-state index contributed by atoms with van der Waals surface area (Å²) < 4.78 is 16.3. The summed E-state index contributed by atoms with van der Waals surface area (Å²) in [7, 11) is 0. The van der Waals surface area contributed by atoms with Crippen LogP contribution in [0.1, 0.15) is 11.7 Å². The van der Waals surface area contributed by atoms with Crippen LogP contribution in [0, 0.1) is 5.92 Å². The minimum Gasteiger partial charge on any atom is -0.372 e. The summed E-state index contributed by atoms with van der Waals surface area (Å²) in [4.78, 5) is 35.4. The van der Waals surface area contributed by atoms with Crippen molar-refractivity contribution in [3.05, 3.63) is 77.3 Å². The summed E-state index contributed by atoms with van der Waals surface area (Å²) >= 11 is 12.1. The van der Waals surface area contributed by atoms with Gasteiger partial charge in [0.2, 0.25) is 0 Å². The smallest absolute Gasteiger partial charge is 0.372 e. The standard InChI is InChI=1S/C17H17Cl2N3O6/c18-12-2-1-10(7-13(12)19)16-11(8-20-5-6-26-16)9-22-17(25)21-27-14(23)3-4-15(24)28-22/h1-4,7,11,16,20H,5-6,8-9H2,(H,21,25)/t11-,16-/m0/s1. The Kier molecular flexibility index (Phi) is 6.74. The van der Waals surface area contributed by atoms with Crippen molar-refractivity contribution in [2.45, 2.75) is 12.6 Å². The van der Waals surface area contributed by atoms with Gasteiger partial charge in [0.15, 0.2) is 0 Å². The van der Waals surface area contributed by atoms with Gasteiger partial charge in [0.25, 0.3) is 0 Å². The third-order valence-corrected chi connectivity index (χ3v) is 4.84. The maximum Gasteiger partial charge on any atom is 0.383 e. The number of rotatable bonds is 3. The molecule has 3 rings (SSSR count). The van der Waals surface area contributed by atoms with Gasteiger partial charge in [-0.2, -0.15) is 9.90 Å². The van der Waals surface area contributed by atoms with Crippen molar-refractivity contribution in [3.63, 3.8) is 0 Å². The van der Waals surface area contributed by atoms with Crippen molar-refractivity contribution in [2.75, 3.05) is 19.7 Å². The Labute approximate surface area is 168 Å². The van der Waals surface area contributed by atoms with E-state index in [1.54, 1.807) is 18.2 Å². The van der Waals surface area contributed by atoms with Gasteiger partial charge in [0.05, 0.1) is 29.3 Å². The van der Waals surface area contributed by atoms with Crippen LogP contribution < -0.4 is 22.3 Å². The van der Waals surface area contributed by atoms with Crippen molar-refractivity contribution >= 4 is 23.2 Å². The summed E-state index contributed by atoms with van der Waals surface area (Å²) in [5.74, 6) is -0.307. The third kappa shape index (κ3) is 5.14. The first kappa shape index (κ1) is 20.4. The van der Waals surface area contributed by atoms with Crippen LogP contribution in [0.15, 0.2) is 53.8 Å². The molecule has 1 saturated heterocycles. The third-order valence-electron chi connectivity index (χ3n) is 4.10. The van der Waals surface area contributed by atoms with Crippen LogP contribution in [0.5, 0.6) is 0 Å². The van der Waals surface area contributed by atoms with Gasteiger partial charge in [0.1, 0.15) is 0 Å². The Morgan fingerprint density at radius 2 is 1.86 bits per heavy atom. The second-order valence-corrected chi connectivity index (χ2v) is 6.88. The minimum atomic E-state index is -0.903. The molecule has 0 radical (unpaired) electrons. The summed E-state index contributed by atoms with van der Waals surface area (Å²) in [5.41, 5.74) is -1.92. The number of aromatic amines is 1. The molecule has 1 aromatic carbocycles. The average Bonchev–Trinajstić information content (AvgIpc) is 2.88. The lowest BCUT2D eigenvalue weighted by Crippen LogP contribution is -2.33. The molecule has 0 spiro atoms. The first-order valence-electron chi connectivity index (χ1n) is 8.39. The van der Waals surface area contributed by atoms with E-state index >= 15 is 0 Å². The maximum absolute atomic E-state index is 12.2. The van der Waals surface area contributed by atoms with Crippen LogP contribution in [0.3, 0.4) is 0 Å². The first-order chi connectivity index (χ1) is 13.4. The average molecular weight is 430 g/mol. The highest BCUT2D eigenvalue weighted by Gasteiger charge is 2.28. The zero-order chi connectivity index (χ0) is 20.1. The highest BCUT2D eigenvalue weighted by molar-refractivity contribution is 6.42. The summed E-state index contributed by atoms with van der Waals surface area (Å²) in [6.45, 7) is 1.50. The molecule has 1 aliphatic heterocycles. The summed E-state index contributed by atoms with van der Waals surface area (Å²) in [6, 6.07) is 6.86. The Bertz CT molecular complexity index is 1060. The van der Waals surface area contributed by atoms with E-state index in [1.165, 1.54) is 0 Å². The lowest BCUT2D eigenvalue weighted by atomic mass is 9.95. The van der Waals surface area contributed by atoms with Crippen LogP contribution in [-0.4, -0.2) is 29.6 Å². The van der Waals surface area contributed by atoms with E-state index in [1.807, 2.05) is 5.16 Å². The lowest BCUT2D eigenvalue weighted by Gasteiger charge is -2.25. The van der Waals surface area contributed by atoms with Gasteiger partial charge < -0.3 is 19.1 Å². The molecule has 2 atom stereocenters. The molecule has 1 aromatic heterocycles. The Morgan fingerprint density at radius 1 is 1.07 bits per heavy atom. The second-order valence-electron chi connectivity index (χ2n) is 6.06. The van der Waals surface area contributed by atoms with Crippen LogP contribution in [0.4, 0.5) is 0 Å². The molecule has 28 heavy (non-hydrogen) atoms. The molecule has 0 saturated carbocycles. The van der Waals surface area contributed by atoms with E-state index in [0.717, 1.165) is 22.4 Å². The number of nitrogens with zero attached hydrogens (tertiary/aromatic N) is 1. The largest absolute Gasteiger partial charge is 0.383 e. The molecule has 1 aliphatic rings. The van der Waals surface area contributed by atoms with Crippen molar-refractivity contribution < 1.29 is 13.8 Å². The number of nitrogens with one attached hydrogen (secondary N) is 2. The second kappa shape index (κ2) is 9.24. The van der Waals surface area contributed by atoms with E-state index in [4.69, 9.17) is 32.5 Å². The van der Waals surface area contributed by atoms with Gasteiger partial charge in [-0.1, -0.05) is 29.3 Å². The van der Waals surface area contributed by atoms with Gasteiger partial charge >= 0.3 is 16.9 Å². The number of halogens is 2. The van der Waals surface area contributed by atoms with Gasteiger partial charge in [-0.3, -0.25) is 0 Å². The van der Waals surface area contributed by atoms with Crippen LogP contribution >= 0.6 is 23.2 Å². The molecule has 0 unspecified atom stereocenters. The fourth-order valence-corrected chi connectivity index (χ4v) is 3.14. The number of benzene rings is 1. The Morgan fingerprint density at radius 3 is 2.64 bits per heavy atom. The fourth-order valence-electron chi connectivity index (χ4n) is 2.84. The monoisotopic (exact) mass is 429 g/mol. The molecule has 2 aromatic rings. The van der Waals surface area contributed by atoms with Gasteiger partial charge in [-0.15, -0.1) is 0 Å². The predicted octanol–water partition coefficient (Wildman–Crippen LogP) is 1.49. The maximum atomic E-state index is 12.2. The molecule has 2 N–H and O–H groups in total. The van der Waals surface area contributed by atoms with Crippen molar-refractivity contribution in [1.29, 1.82) is 0 Å². The Balaban J connectivity index is 2.01. The zero-order valence-corrected chi connectivity index (χ0v) is 16.0. The van der Waals surface area contributed by atoms with E-state index in [2.05, 4.69) is 9.84 Å². The van der Waals surface area contributed by atoms with Crippen LogP contribution in [0.2, 0.25) is 10.0 Å². The van der Waals surface area contributed by atoms with Gasteiger partial charge in [-0.05, 0) is 17.7 Å². The van der Waals surface area contributed by atoms with E-state index in [9.17, 15) is 14.4 Å². The molecule has 0 aliphatic carbocycles. The molecule has 9 nitrogen and oxygen atoms in total. The number of hydrogen-bond donors (Lipinski definition) is 2. The lowest BCUT2D eigenvalue weighted by molar-refractivity contribution is 0.0144. The topological polar surface area (TPSA) is 119 Å². The fraction of sp³-hybridized carbons (Fsp3) is 0.353. The Hall–Kier alpha value is -2.33. The SMILES string of the molecule is O=c1ccc(=O)on(C[C@@H]2CNCCO[C@H]2c2ccc(Cl)c(Cl)c2)c(=O)[nH]o1. The molecular formula is C17H17Cl2N3O6. The van der Waals surface area contributed by atoms with Crippen LogP contribution in [-0.2, 0) is 11.3 Å². The summed E-state index contributed by atoms with van der Waals surface area (Å²) in [6.07, 6.45) is -0.443. The van der Waals surface area contributed by atoms with Crippen molar-refractivity contribution in [2.24, 2.45) is 5.92 Å². The van der Waals surface area contributed by atoms with Gasteiger partial charge in [0, 0.05) is 31.1 Å². The van der Waals surface area contributed by atoms with Crippen molar-refractivity contribution in [1.82, 2.24) is 15.2 Å². The predicted molar refractivity (Wildman–Crippen MR) is 101 cm³/mol. The molecule has 2 heterocycles. The molecule has 0 bridgehead atoms. The number of H-pyrrole nitrogens is 1. The molecule has 11 heteroatoms. The van der Waals surface area contributed by atoms with E-state index < -0.39 is 23.0 Å². The van der Waals surface area contributed by atoms with E-state index in [0.29, 0.717) is 29.7 Å². The number of aromatic nitrogens is 2. The van der Waals surface area contributed by atoms with Crippen molar-refractivity contribution in [3.8, 4) is 0 Å². The normalized spacial score (nSPS) is 19.6. The molecule has 1 fully saturated rings. The van der Waals surface area contributed by atoms with E-state index in [-0.39, 0.29) is 12.5 Å². The molecule has 0 amide bonds. The molecule has 150 valence electrons. The highest BCUT2D eigenvalue weighted by Crippen LogP contribution is 2.32. The van der Waals surface area contributed by atoms with Crippen LogP contribution in [0.25, 0.3) is 0 Å². The van der Waals surface area contributed by atoms with Gasteiger partial charge in [-0.25, -0.2) is 14.4 Å². The zero-order valence-electron chi connectivity index (χ0n) is 14.5. The quantitative estimate of drug-likeness (QED) is 0.757. The first-order valence-corrected chi connectivity index (χ1v) is 9.15. The highest BCUT2D eigenvalue weighted by atomic mass is 35.5. The number of hydrogen-bond acceptors (Lipinski definition) is 7. The molecular weight excluding hydrogens is 413 g/mol. The number of ether oxygens (including phenoxy) is 1. The minimum absolute atomic E-state index is 0.0269.